The Morgan fingerprint density at radius 3 is 2.33 bits per heavy atom. The molecule has 0 spiro atoms. The molecule has 30 heavy (non-hydrogen) atoms. The summed E-state index contributed by atoms with van der Waals surface area (Å²) >= 11 is 0. The van der Waals surface area contributed by atoms with E-state index < -0.39 is 28.8 Å². The third-order valence-electron chi connectivity index (χ3n) is 5.34. The molecule has 0 unspecified atom stereocenters. The molecular weight excluding hydrogens is 392 g/mol. The number of carboxylic acids is 1. The van der Waals surface area contributed by atoms with Gasteiger partial charge < -0.3 is 14.8 Å². The molecule has 0 bridgehead atoms. The van der Waals surface area contributed by atoms with Gasteiger partial charge in [-0.2, -0.15) is 0 Å². The largest absolute Gasteiger partial charge is 0.477 e. The number of rotatable bonds is 7. The highest BCUT2D eigenvalue weighted by atomic mass is 19.1. The Kier molecular flexibility index (Phi) is 6.31. The number of nitrogens with zero attached hydrogens (tertiary/aromatic N) is 1. The van der Waals surface area contributed by atoms with Gasteiger partial charge >= 0.3 is 5.97 Å². The van der Waals surface area contributed by atoms with E-state index in [-0.39, 0.29) is 41.2 Å². The number of aliphatic hydroxyl groups is 1. The highest BCUT2D eigenvalue weighted by Crippen LogP contribution is 2.26. The number of benzene rings is 2. The van der Waals surface area contributed by atoms with Gasteiger partial charge in [-0.1, -0.05) is 26.0 Å². The van der Waals surface area contributed by atoms with Gasteiger partial charge in [0.25, 0.3) is 0 Å². The minimum Gasteiger partial charge on any atom is -0.477 e. The van der Waals surface area contributed by atoms with Crippen LogP contribution in [-0.4, -0.2) is 27.4 Å². The van der Waals surface area contributed by atoms with Gasteiger partial charge in [-0.3, -0.25) is 4.79 Å². The number of aromatic nitrogens is 1. The van der Waals surface area contributed by atoms with Crippen molar-refractivity contribution in [2.24, 2.45) is 5.92 Å². The molecule has 2 N–H and O–H groups in total. The topological polar surface area (TPSA) is 79.5 Å². The molecule has 5 nitrogen and oxygen atoms in total. The Bertz CT molecular complexity index is 1140. The van der Waals surface area contributed by atoms with Gasteiger partial charge in [0, 0.05) is 11.6 Å². The van der Waals surface area contributed by atoms with Crippen molar-refractivity contribution in [3.05, 3.63) is 81.1 Å². The quantitative estimate of drug-likeness (QED) is 0.612. The number of halogens is 2. The van der Waals surface area contributed by atoms with Crippen molar-refractivity contribution in [2.75, 3.05) is 6.61 Å². The molecule has 0 amide bonds. The molecule has 2 aromatic carbocycles. The molecule has 1 heterocycles. The van der Waals surface area contributed by atoms with Crippen LogP contribution in [0.15, 0.2) is 47.4 Å². The van der Waals surface area contributed by atoms with E-state index in [2.05, 4.69) is 0 Å². The summed E-state index contributed by atoms with van der Waals surface area (Å²) in [6.07, 6.45) is 1.87. The van der Waals surface area contributed by atoms with Crippen molar-refractivity contribution in [1.82, 2.24) is 4.57 Å². The number of aromatic carboxylic acids is 1. The van der Waals surface area contributed by atoms with Crippen molar-refractivity contribution in [3.63, 3.8) is 0 Å². The van der Waals surface area contributed by atoms with Crippen LogP contribution in [0.3, 0.4) is 0 Å². The molecule has 0 fully saturated rings. The van der Waals surface area contributed by atoms with E-state index in [0.29, 0.717) is 6.42 Å². The minimum absolute atomic E-state index is 0.0800. The predicted molar refractivity (Wildman–Crippen MR) is 110 cm³/mol. The van der Waals surface area contributed by atoms with Gasteiger partial charge in [-0.25, -0.2) is 13.6 Å². The summed E-state index contributed by atoms with van der Waals surface area (Å²) in [7, 11) is 0. The normalized spacial score (nSPS) is 12.5. The number of carboxylic acid groups (broad SMARTS) is 1. The first-order valence-corrected chi connectivity index (χ1v) is 9.68. The number of hydrogen-bond donors (Lipinski definition) is 2. The molecule has 0 aliphatic rings. The first-order valence-electron chi connectivity index (χ1n) is 9.68. The molecule has 3 rings (SSSR count). The zero-order chi connectivity index (χ0) is 22.0. The van der Waals surface area contributed by atoms with Crippen LogP contribution >= 0.6 is 0 Å². The van der Waals surface area contributed by atoms with E-state index in [4.69, 9.17) is 0 Å². The lowest BCUT2D eigenvalue weighted by molar-refractivity contribution is 0.0694. The number of carbonyl (C=O) groups is 1. The van der Waals surface area contributed by atoms with Crippen LogP contribution in [0.1, 0.15) is 41.4 Å². The maximum Gasteiger partial charge on any atom is 0.341 e. The van der Waals surface area contributed by atoms with Crippen LogP contribution in [0.25, 0.3) is 10.9 Å². The standard InChI is InChI=1S/C23H23F2NO4/c1-13(2)21(12-27)26-11-18(23(29)30)22(28)17-9-15(19(25)10-20(17)26)6-3-14-4-7-16(24)8-5-14/h4-5,7-11,13,21,27H,3,6,12H2,1-2H3,(H,29,30)/t21-/m1/s1. The van der Waals surface area contributed by atoms with E-state index in [0.717, 1.165) is 5.56 Å². The van der Waals surface area contributed by atoms with Gasteiger partial charge in [-0.15, -0.1) is 0 Å². The first kappa shape index (κ1) is 21.6. The number of fused-ring (bicyclic) bond motifs is 1. The van der Waals surface area contributed by atoms with Gasteiger partial charge in [0.15, 0.2) is 0 Å². The van der Waals surface area contributed by atoms with E-state index in [1.165, 1.54) is 35.0 Å². The third kappa shape index (κ3) is 4.26. The Hall–Kier alpha value is -3.06. The van der Waals surface area contributed by atoms with Crippen molar-refractivity contribution in [2.45, 2.75) is 32.7 Å². The molecule has 0 aliphatic carbocycles. The van der Waals surface area contributed by atoms with Crippen LogP contribution in [0.2, 0.25) is 0 Å². The fourth-order valence-electron chi connectivity index (χ4n) is 3.58. The number of pyridine rings is 1. The lowest BCUT2D eigenvalue weighted by Gasteiger charge is -2.25. The van der Waals surface area contributed by atoms with E-state index >= 15 is 0 Å². The second kappa shape index (κ2) is 8.75. The van der Waals surface area contributed by atoms with Gasteiger partial charge in [0.05, 0.1) is 18.2 Å². The molecule has 0 saturated carbocycles. The molecule has 0 radical (unpaired) electrons. The Morgan fingerprint density at radius 1 is 1.10 bits per heavy atom. The van der Waals surface area contributed by atoms with Gasteiger partial charge in [0.1, 0.15) is 17.2 Å². The third-order valence-corrected chi connectivity index (χ3v) is 5.34. The van der Waals surface area contributed by atoms with Crippen LogP contribution < -0.4 is 5.43 Å². The summed E-state index contributed by atoms with van der Waals surface area (Å²) in [5, 5.41) is 19.3. The summed E-state index contributed by atoms with van der Waals surface area (Å²) in [4.78, 5) is 24.4. The minimum atomic E-state index is -1.38. The van der Waals surface area contributed by atoms with Crippen LogP contribution in [0.5, 0.6) is 0 Å². The highest BCUT2D eigenvalue weighted by molar-refractivity contribution is 5.92. The molecule has 1 atom stereocenters. The molecule has 0 saturated heterocycles. The lowest BCUT2D eigenvalue weighted by atomic mass is 9.99. The average molecular weight is 415 g/mol. The molecule has 1 aromatic heterocycles. The molecule has 0 aliphatic heterocycles. The summed E-state index contributed by atoms with van der Waals surface area (Å²) in [5.41, 5.74) is 0.187. The zero-order valence-corrected chi connectivity index (χ0v) is 16.7. The second-order valence-corrected chi connectivity index (χ2v) is 7.67. The Morgan fingerprint density at radius 2 is 1.77 bits per heavy atom. The molecule has 7 heteroatoms. The molecule has 3 aromatic rings. The number of aliphatic hydroxyl groups excluding tert-OH is 1. The van der Waals surface area contributed by atoms with Crippen LogP contribution in [-0.2, 0) is 12.8 Å². The highest BCUT2D eigenvalue weighted by Gasteiger charge is 2.22. The van der Waals surface area contributed by atoms with Crippen LogP contribution in [0.4, 0.5) is 8.78 Å². The SMILES string of the molecule is CC(C)[C@@H](CO)n1cc(C(=O)O)c(=O)c2cc(CCc3ccc(F)cc3)c(F)cc21. The van der Waals surface area contributed by atoms with Crippen molar-refractivity contribution in [1.29, 1.82) is 0 Å². The summed E-state index contributed by atoms with van der Waals surface area (Å²) in [6.45, 7) is 3.40. The first-order chi connectivity index (χ1) is 14.2. The average Bonchev–Trinajstić information content (AvgIpc) is 2.69. The monoisotopic (exact) mass is 415 g/mol. The Labute approximate surface area is 172 Å². The zero-order valence-electron chi connectivity index (χ0n) is 16.7. The van der Waals surface area contributed by atoms with Crippen molar-refractivity contribution < 1.29 is 23.8 Å². The molecule has 158 valence electrons. The fraction of sp³-hybridized carbons (Fsp3) is 0.304. The second-order valence-electron chi connectivity index (χ2n) is 7.67. The lowest BCUT2D eigenvalue weighted by Crippen LogP contribution is -2.25. The van der Waals surface area contributed by atoms with E-state index in [1.807, 2.05) is 13.8 Å². The molecular formula is C23H23F2NO4. The van der Waals surface area contributed by atoms with Crippen molar-refractivity contribution >= 4 is 16.9 Å². The van der Waals surface area contributed by atoms with Gasteiger partial charge in [0.2, 0.25) is 5.43 Å². The van der Waals surface area contributed by atoms with Crippen LogP contribution in [0, 0.1) is 17.6 Å². The van der Waals surface area contributed by atoms with E-state index in [9.17, 15) is 28.6 Å². The summed E-state index contributed by atoms with van der Waals surface area (Å²) < 4.78 is 29.4. The van der Waals surface area contributed by atoms with Gasteiger partial charge in [-0.05, 0) is 54.2 Å². The maximum atomic E-state index is 14.9. The van der Waals surface area contributed by atoms with E-state index in [1.54, 1.807) is 12.1 Å². The number of aryl methyl sites for hydroxylation is 2. The predicted octanol–water partition coefficient (Wildman–Crippen LogP) is 3.95. The summed E-state index contributed by atoms with van der Waals surface area (Å²) in [5.74, 6) is -2.35. The van der Waals surface area contributed by atoms with Crippen molar-refractivity contribution in [3.8, 4) is 0 Å². The Balaban J connectivity index is 2.13. The number of hydrogen-bond acceptors (Lipinski definition) is 3. The fourth-order valence-corrected chi connectivity index (χ4v) is 3.58. The smallest absolute Gasteiger partial charge is 0.341 e. The summed E-state index contributed by atoms with van der Waals surface area (Å²) in [6, 6.07) is 7.95. The maximum absolute atomic E-state index is 14.9.